The predicted molar refractivity (Wildman–Crippen MR) is 167 cm³/mol. The van der Waals surface area contributed by atoms with E-state index in [1.807, 2.05) is 0 Å². The van der Waals surface area contributed by atoms with Crippen LogP contribution in [0.25, 0.3) is 0 Å². The number of unbranched alkanes of at least 4 members (excludes halogenated alkanes) is 1. The number of hydrogen-bond donors (Lipinski definition) is 1. The molecule has 0 saturated carbocycles. The summed E-state index contributed by atoms with van der Waals surface area (Å²) in [5.41, 5.74) is 0.828. The number of aromatic amines is 1. The van der Waals surface area contributed by atoms with Crippen LogP contribution < -0.4 is 15.7 Å². The van der Waals surface area contributed by atoms with Crippen LogP contribution in [0.1, 0.15) is 67.3 Å². The van der Waals surface area contributed by atoms with Gasteiger partial charge in [-0.3, -0.25) is 4.90 Å². The number of alkyl halides is 3. The van der Waals surface area contributed by atoms with Crippen LogP contribution >= 0.6 is 0 Å². The number of carbonyl (C=O) groups is 2. The van der Waals surface area contributed by atoms with E-state index in [-0.39, 0.29) is 22.9 Å². The standard InChI is InChI=1S/C33H35F3N6O3.CH2O2/c1-21-28(30(43)45-2)29(41-31(38-39-32(41)44)40(21)26-8-5-7-25(19-26)33(34,35)36)27-10-9-23(20-37)18-24(27)6-3-4-14-42-15-11-22(12-16-42)13-17-42;2-1-3/h5,7-10,18-19,22,29H,3-4,6,11-17H2,1-2H3;1H,(H,2,3)/t22?,29-,42?;/m1./s1. The van der Waals surface area contributed by atoms with Crippen molar-refractivity contribution in [3.63, 3.8) is 0 Å². The van der Waals surface area contributed by atoms with Crippen molar-refractivity contribution in [1.29, 1.82) is 5.26 Å². The van der Waals surface area contributed by atoms with Crippen molar-refractivity contribution in [2.75, 3.05) is 38.2 Å². The predicted octanol–water partition coefficient (Wildman–Crippen LogP) is 3.97. The highest BCUT2D eigenvalue weighted by molar-refractivity contribution is 5.93. The van der Waals surface area contributed by atoms with Crippen molar-refractivity contribution in [3.8, 4) is 6.07 Å². The van der Waals surface area contributed by atoms with Crippen molar-refractivity contribution in [1.82, 2.24) is 14.8 Å². The zero-order valence-corrected chi connectivity index (χ0v) is 26.8. The smallest absolute Gasteiger partial charge is 0.416 e. The molecule has 3 fully saturated rings. The van der Waals surface area contributed by atoms with Crippen LogP contribution in [0.2, 0.25) is 0 Å². The molecule has 0 aliphatic carbocycles. The first-order valence-corrected chi connectivity index (χ1v) is 15.8. The van der Waals surface area contributed by atoms with Gasteiger partial charge in [-0.2, -0.15) is 18.4 Å². The summed E-state index contributed by atoms with van der Waals surface area (Å²) in [4.78, 5) is 36.4. The Bertz CT molecular complexity index is 1790. The lowest BCUT2D eigenvalue weighted by Gasteiger charge is -2.49. The Kier molecular flexibility index (Phi) is 10.1. The third kappa shape index (κ3) is 6.73. The molecule has 4 aliphatic heterocycles. The van der Waals surface area contributed by atoms with E-state index in [0.29, 0.717) is 17.5 Å². The van der Waals surface area contributed by atoms with Gasteiger partial charge >= 0.3 is 17.8 Å². The molecule has 0 unspecified atom stereocenters. The number of esters is 1. The summed E-state index contributed by atoms with van der Waals surface area (Å²) in [7, 11) is 1.22. The van der Waals surface area contributed by atoms with Gasteiger partial charge in [0, 0.05) is 17.9 Å². The second kappa shape index (κ2) is 14.1. The van der Waals surface area contributed by atoms with E-state index in [9.17, 15) is 28.0 Å². The maximum atomic E-state index is 13.7. The molecule has 11 nitrogen and oxygen atoms in total. The Morgan fingerprint density at radius 2 is 1.85 bits per heavy atom. The molecule has 1 aromatic heterocycles. The molecule has 1 N–H and O–H groups in total. The minimum absolute atomic E-state index is 0.0362. The molecular weight excluding hydrogens is 629 g/mol. The molecule has 0 amide bonds. The summed E-state index contributed by atoms with van der Waals surface area (Å²) in [6.07, 6.45) is 1.79. The molecule has 254 valence electrons. The number of halogens is 3. The van der Waals surface area contributed by atoms with Gasteiger partial charge in [0.2, 0.25) is 5.95 Å². The van der Waals surface area contributed by atoms with Crippen molar-refractivity contribution in [2.24, 2.45) is 5.92 Å². The first-order valence-electron chi connectivity index (χ1n) is 15.8. The Balaban J connectivity index is 0.00000145. The largest absolute Gasteiger partial charge is 0.554 e. The number of anilines is 2. The maximum absolute atomic E-state index is 13.7. The number of nitriles is 1. The fraction of sp³-hybridized carbons (Fsp3) is 0.441. The average molecular weight is 667 g/mol. The highest BCUT2D eigenvalue weighted by Crippen LogP contribution is 2.44. The van der Waals surface area contributed by atoms with Crippen LogP contribution in [0.4, 0.5) is 24.8 Å². The van der Waals surface area contributed by atoms with Crippen molar-refractivity contribution in [2.45, 2.75) is 57.7 Å². The van der Waals surface area contributed by atoms with Crippen LogP contribution in [0.15, 0.2) is 58.5 Å². The number of fused-ring (bicyclic) bond motifs is 4. The number of rotatable bonds is 8. The van der Waals surface area contributed by atoms with Crippen LogP contribution in [0, 0.1) is 17.2 Å². The number of aryl methyl sites for hydroxylation is 1. The van der Waals surface area contributed by atoms with Gasteiger partial charge < -0.3 is 19.1 Å². The molecular formula is C34H37F3N6O5. The van der Waals surface area contributed by atoms with Crippen LogP contribution in [-0.2, 0) is 26.9 Å². The third-order valence-electron chi connectivity index (χ3n) is 9.91. The molecule has 3 saturated heterocycles. The highest BCUT2D eigenvalue weighted by Gasteiger charge is 2.42. The number of nitrogens with one attached hydrogen (secondary N) is 1. The lowest BCUT2D eigenvalue weighted by Crippen LogP contribution is -2.58. The van der Waals surface area contributed by atoms with E-state index in [1.54, 1.807) is 25.1 Å². The number of hydrogen-bond acceptors (Lipinski definition) is 8. The molecule has 7 rings (SSSR count). The van der Waals surface area contributed by atoms with Crippen LogP contribution in [0.3, 0.4) is 0 Å². The summed E-state index contributed by atoms with van der Waals surface area (Å²) in [5, 5.41) is 24.6. The SMILES string of the molecule is COC(=O)C1=C(C)N(c2cccc(C(F)(F)F)c2)c2n[nH]c(=O)n2[C@@H]1c1ccc(C#N)cc1CCCC[N+]12CCC(CC1)CC2.O=C[O-]. The Hall–Kier alpha value is -4.90. The van der Waals surface area contributed by atoms with Crippen LogP contribution in [0.5, 0.6) is 0 Å². The van der Waals surface area contributed by atoms with Gasteiger partial charge in [0.1, 0.15) is 6.04 Å². The highest BCUT2D eigenvalue weighted by atomic mass is 19.4. The number of quaternary nitrogens is 1. The maximum Gasteiger partial charge on any atom is 0.416 e. The number of carbonyl (C=O) groups excluding carboxylic acids is 2. The fourth-order valence-electron chi connectivity index (χ4n) is 7.47. The monoisotopic (exact) mass is 666 g/mol. The lowest BCUT2D eigenvalue weighted by molar-refractivity contribution is -0.942. The zero-order chi connectivity index (χ0) is 34.6. The first kappa shape index (κ1) is 34.4. The second-order valence-corrected chi connectivity index (χ2v) is 12.5. The third-order valence-corrected chi connectivity index (χ3v) is 9.91. The van der Waals surface area contributed by atoms with Crippen molar-refractivity contribution < 1.29 is 37.1 Å². The van der Waals surface area contributed by atoms with Gasteiger partial charge in [-0.25, -0.2) is 19.3 Å². The molecule has 1 atom stereocenters. The first-order chi connectivity index (χ1) is 23.0. The zero-order valence-electron chi connectivity index (χ0n) is 26.8. The second-order valence-electron chi connectivity index (χ2n) is 12.5. The van der Waals surface area contributed by atoms with Gasteiger partial charge in [-0.1, -0.05) is 12.1 Å². The van der Waals surface area contributed by atoms with Crippen molar-refractivity contribution in [3.05, 3.63) is 86.5 Å². The molecule has 14 heteroatoms. The van der Waals surface area contributed by atoms with Gasteiger partial charge in [0.25, 0.3) is 0 Å². The minimum Gasteiger partial charge on any atom is -0.554 e. The summed E-state index contributed by atoms with van der Waals surface area (Å²) >= 11 is 0. The molecule has 3 aromatic rings. The number of ether oxygens (including phenoxy) is 1. The topological polar surface area (TPSA) is 144 Å². The molecule has 48 heavy (non-hydrogen) atoms. The van der Waals surface area contributed by atoms with E-state index in [2.05, 4.69) is 16.3 Å². The van der Waals surface area contributed by atoms with Gasteiger partial charge in [-0.15, -0.1) is 5.10 Å². The molecule has 2 aromatic carbocycles. The van der Waals surface area contributed by atoms with Gasteiger partial charge in [-0.05, 0) is 92.8 Å². The number of nitrogens with zero attached hydrogens (tertiary/aromatic N) is 5. The molecule has 0 radical (unpaired) electrons. The van der Waals surface area contributed by atoms with E-state index in [4.69, 9.17) is 14.6 Å². The Morgan fingerprint density at radius 3 is 2.48 bits per heavy atom. The number of carboxylic acid groups (broad SMARTS) is 1. The lowest BCUT2D eigenvalue weighted by atomic mass is 9.85. The molecule has 5 heterocycles. The number of piperidine rings is 3. The Labute approximate surface area is 275 Å². The summed E-state index contributed by atoms with van der Waals surface area (Å²) < 4.78 is 48.6. The molecule has 2 bridgehead atoms. The van der Waals surface area contributed by atoms with Gasteiger partial charge in [0.15, 0.2) is 0 Å². The number of H-pyrrole nitrogens is 1. The van der Waals surface area contributed by atoms with Crippen LogP contribution in [-0.4, -0.2) is 65.0 Å². The van der Waals surface area contributed by atoms with E-state index in [1.165, 1.54) is 72.1 Å². The number of benzene rings is 2. The van der Waals surface area contributed by atoms with Gasteiger partial charge in [0.05, 0.1) is 56.1 Å². The number of methoxy groups -OCH3 is 1. The number of aromatic nitrogens is 3. The fourth-order valence-corrected chi connectivity index (χ4v) is 7.47. The normalized spacial score (nSPS) is 21.5. The summed E-state index contributed by atoms with van der Waals surface area (Å²) in [6.45, 7) is 5.92. The molecule has 4 aliphatic rings. The van der Waals surface area contributed by atoms with E-state index in [0.717, 1.165) is 43.0 Å². The summed E-state index contributed by atoms with van der Waals surface area (Å²) in [6, 6.07) is 11.0. The number of allylic oxidation sites excluding steroid dienone is 1. The quantitative estimate of drug-likeness (QED) is 0.165. The average Bonchev–Trinajstić information content (AvgIpc) is 3.47. The minimum atomic E-state index is -4.60. The van der Waals surface area contributed by atoms with Crippen molar-refractivity contribution >= 4 is 24.1 Å². The van der Waals surface area contributed by atoms with E-state index < -0.39 is 35.9 Å². The summed E-state index contributed by atoms with van der Waals surface area (Å²) in [5.74, 6) is 0.194. The van der Waals surface area contributed by atoms with E-state index >= 15 is 0 Å². The molecule has 0 spiro atoms. The Morgan fingerprint density at radius 1 is 1.17 bits per heavy atom.